The van der Waals surface area contributed by atoms with Gasteiger partial charge in [-0.15, -0.1) is 11.3 Å². The van der Waals surface area contributed by atoms with Gasteiger partial charge in [-0.05, 0) is 19.5 Å². The summed E-state index contributed by atoms with van der Waals surface area (Å²) in [7, 11) is 0. The molecule has 0 bridgehead atoms. The summed E-state index contributed by atoms with van der Waals surface area (Å²) < 4.78 is 0. The first-order valence-electron chi connectivity index (χ1n) is 5.13. The molecular formula is C12H13ClN2S. The third kappa shape index (κ3) is 2.26. The molecule has 2 aromatic rings. The molecule has 0 aliphatic carbocycles. The van der Waals surface area contributed by atoms with Crippen LogP contribution < -0.4 is 5.73 Å². The van der Waals surface area contributed by atoms with E-state index in [0.717, 1.165) is 32.6 Å². The highest BCUT2D eigenvalue weighted by Gasteiger charge is 2.11. The Morgan fingerprint density at radius 3 is 2.81 bits per heavy atom. The highest BCUT2D eigenvalue weighted by Crippen LogP contribution is 2.34. The molecule has 0 amide bonds. The standard InChI is InChI=1S/C12H13ClN2S/c1-8-12(16-11(15-8)6-7-14)9-4-2-3-5-10(9)13/h2-5H,6-7,14H2,1H3. The number of aryl methyl sites for hydroxylation is 1. The van der Waals surface area contributed by atoms with Crippen molar-refractivity contribution in [2.45, 2.75) is 13.3 Å². The lowest BCUT2D eigenvalue weighted by Gasteiger charge is -2.00. The van der Waals surface area contributed by atoms with Crippen LogP contribution in [0.1, 0.15) is 10.7 Å². The molecule has 16 heavy (non-hydrogen) atoms. The molecule has 0 unspecified atom stereocenters. The summed E-state index contributed by atoms with van der Waals surface area (Å²) in [6.45, 7) is 2.64. The van der Waals surface area contributed by atoms with Crippen LogP contribution in [0.25, 0.3) is 10.4 Å². The fourth-order valence-electron chi connectivity index (χ4n) is 1.58. The largest absolute Gasteiger partial charge is 0.330 e. The van der Waals surface area contributed by atoms with Crippen molar-refractivity contribution in [1.29, 1.82) is 0 Å². The zero-order valence-electron chi connectivity index (χ0n) is 9.03. The minimum atomic E-state index is 0.634. The number of hydrogen-bond donors (Lipinski definition) is 1. The third-order valence-corrected chi connectivity index (χ3v) is 3.90. The van der Waals surface area contributed by atoms with Gasteiger partial charge in [0, 0.05) is 17.0 Å². The monoisotopic (exact) mass is 252 g/mol. The van der Waals surface area contributed by atoms with Crippen molar-refractivity contribution in [1.82, 2.24) is 4.98 Å². The Bertz CT molecular complexity index is 494. The number of nitrogens with zero attached hydrogens (tertiary/aromatic N) is 1. The molecule has 84 valence electrons. The van der Waals surface area contributed by atoms with Crippen LogP contribution >= 0.6 is 22.9 Å². The highest BCUT2D eigenvalue weighted by molar-refractivity contribution is 7.15. The van der Waals surface area contributed by atoms with E-state index in [9.17, 15) is 0 Å². The van der Waals surface area contributed by atoms with Crippen LogP contribution in [-0.4, -0.2) is 11.5 Å². The third-order valence-electron chi connectivity index (χ3n) is 2.32. The molecule has 1 aromatic heterocycles. The van der Waals surface area contributed by atoms with Crippen molar-refractivity contribution in [2.24, 2.45) is 5.73 Å². The zero-order chi connectivity index (χ0) is 11.5. The van der Waals surface area contributed by atoms with E-state index in [0.29, 0.717) is 6.54 Å². The van der Waals surface area contributed by atoms with Crippen molar-refractivity contribution in [2.75, 3.05) is 6.54 Å². The molecule has 0 aliphatic heterocycles. The van der Waals surface area contributed by atoms with Gasteiger partial charge >= 0.3 is 0 Å². The summed E-state index contributed by atoms with van der Waals surface area (Å²) in [6.07, 6.45) is 0.829. The van der Waals surface area contributed by atoms with E-state index in [1.807, 2.05) is 31.2 Å². The van der Waals surface area contributed by atoms with Crippen LogP contribution in [0.3, 0.4) is 0 Å². The predicted molar refractivity (Wildman–Crippen MR) is 70.1 cm³/mol. The van der Waals surface area contributed by atoms with Crippen molar-refractivity contribution in [3.05, 3.63) is 40.0 Å². The molecule has 1 heterocycles. The second kappa shape index (κ2) is 4.95. The predicted octanol–water partition coefficient (Wildman–Crippen LogP) is 3.27. The van der Waals surface area contributed by atoms with Crippen molar-refractivity contribution >= 4 is 22.9 Å². The zero-order valence-corrected chi connectivity index (χ0v) is 10.6. The Balaban J connectivity index is 2.44. The van der Waals surface area contributed by atoms with Gasteiger partial charge in [-0.25, -0.2) is 4.98 Å². The van der Waals surface area contributed by atoms with E-state index < -0.39 is 0 Å². The van der Waals surface area contributed by atoms with E-state index in [2.05, 4.69) is 4.98 Å². The van der Waals surface area contributed by atoms with Gasteiger partial charge in [0.15, 0.2) is 0 Å². The number of hydrogen-bond acceptors (Lipinski definition) is 3. The average Bonchev–Trinajstić information content (AvgIpc) is 2.61. The van der Waals surface area contributed by atoms with E-state index in [-0.39, 0.29) is 0 Å². The lowest BCUT2D eigenvalue weighted by Crippen LogP contribution is -2.01. The van der Waals surface area contributed by atoms with Gasteiger partial charge in [-0.1, -0.05) is 29.8 Å². The van der Waals surface area contributed by atoms with Gasteiger partial charge in [0.25, 0.3) is 0 Å². The first kappa shape index (κ1) is 11.6. The van der Waals surface area contributed by atoms with Crippen LogP contribution in [-0.2, 0) is 6.42 Å². The fourth-order valence-corrected chi connectivity index (χ4v) is 2.98. The summed E-state index contributed by atoms with van der Waals surface area (Å²) in [6, 6.07) is 7.85. The average molecular weight is 253 g/mol. The molecule has 0 atom stereocenters. The van der Waals surface area contributed by atoms with Gasteiger partial charge in [-0.2, -0.15) is 0 Å². The van der Waals surface area contributed by atoms with Crippen LogP contribution in [0.15, 0.2) is 24.3 Å². The first-order valence-corrected chi connectivity index (χ1v) is 6.33. The van der Waals surface area contributed by atoms with Crippen molar-refractivity contribution in [3.63, 3.8) is 0 Å². The SMILES string of the molecule is Cc1nc(CCN)sc1-c1ccccc1Cl. The first-order chi connectivity index (χ1) is 7.72. The van der Waals surface area contributed by atoms with E-state index in [1.54, 1.807) is 11.3 Å². The molecule has 1 aromatic carbocycles. The quantitative estimate of drug-likeness (QED) is 0.911. The topological polar surface area (TPSA) is 38.9 Å². The summed E-state index contributed by atoms with van der Waals surface area (Å²) in [4.78, 5) is 5.65. The van der Waals surface area contributed by atoms with Crippen molar-refractivity contribution in [3.8, 4) is 10.4 Å². The van der Waals surface area contributed by atoms with Crippen LogP contribution in [0.4, 0.5) is 0 Å². The number of halogens is 1. The molecule has 0 spiro atoms. The lowest BCUT2D eigenvalue weighted by molar-refractivity contribution is 0.946. The maximum Gasteiger partial charge on any atom is 0.0947 e. The fraction of sp³-hybridized carbons (Fsp3) is 0.250. The van der Waals surface area contributed by atoms with E-state index in [4.69, 9.17) is 17.3 Å². The van der Waals surface area contributed by atoms with Gasteiger partial charge in [0.05, 0.1) is 15.6 Å². The molecule has 2 N–H and O–H groups in total. The number of benzene rings is 1. The maximum atomic E-state index is 6.17. The summed E-state index contributed by atoms with van der Waals surface area (Å²) in [5.41, 5.74) is 7.62. The minimum Gasteiger partial charge on any atom is -0.330 e. The normalized spacial score (nSPS) is 10.7. The second-order valence-electron chi connectivity index (χ2n) is 3.54. The molecule has 0 radical (unpaired) electrons. The van der Waals surface area contributed by atoms with Crippen molar-refractivity contribution < 1.29 is 0 Å². The molecule has 4 heteroatoms. The van der Waals surface area contributed by atoms with Crippen LogP contribution in [0, 0.1) is 6.92 Å². The van der Waals surface area contributed by atoms with Gasteiger partial charge < -0.3 is 5.73 Å². The lowest BCUT2D eigenvalue weighted by atomic mass is 10.2. The molecular weight excluding hydrogens is 240 g/mol. The second-order valence-corrected chi connectivity index (χ2v) is 5.03. The molecule has 2 rings (SSSR count). The number of rotatable bonds is 3. The van der Waals surface area contributed by atoms with Gasteiger partial charge in [-0.3, -0.25) is 0 Å². The molecule has 0 aliphatic rings. The Morgan fingerprint density at radius 2 is 2.12 bits per heavy atom. The van der Waals surface area contributed by atoms with Crippen LogP contribution in [0.2, 0.25) is 5.02 Å². The van der Waals surface area contributed by atoms with Gasteiger partial charge in [0.1, 0.15) is 0 Å². The van der Waals surface area contributed by atoms with Gasteiger partial charge in [0.2, 0.25) is 0 Å². The van der Waals surface area contributed by atoms with E-state index in [1.165, 1.54) is 0 Å². The molecule has 0 saturated heterocycles. The number of nitrogens with two attached hydrogens (primary N) is 1. The Kier molecular flexibility index (Phi) is 3.59. The Morgan fingerprint density at radius 1 is 1.38 bits per heavy atom. The Hall–Kier alpha value is -0.900. The summed E-state index contributed by atoms with van der Waals surface area (Å²) in [5, 5.41) is 1.85. The minimum absolute atomic E-state index is 0.634. The maximum absolute atomic E-state index is 6.17. The van der Waals surface area contributed by atoms with Crippen LogP contribution in [0.5, 0.6) is 0 Å². The summed E-state index contributed by atoms with van der Waals surface area (Å²) in [5.74, 6) is 0. The summed E-state index contributed by atoms with van der Waals surface area (Å²) >= 11 is 7.85. The number of thiazole rings is 1. The molecule has 0 saturated carbocycles. The molecule has 0 fully saturated rings. The molecule has 2 nitrogen and oxygen atoms in total. The Labute approximate surface area is 104 Å². The number of aromatic nitrogens is 1. The van der Waals surface area contributed by atoms with E-state index >= 15 is 0 Å². The highest BCUT2D eigenvalue weighted by atomic mass is 35.5. The smallest absolute Gasteiger partial charge is 0.0947 e.